The summed E-state index contributed by atoms with van der Waals surface area (Å²) in [5.74, 6) is 1.10. The maximum atomic E-state index is 14.0. The average Bonchev–Trinajstić information content (AvgIpc) is 2.82. The first kappa shape index (κ1) is 15.5. The molecule has 1 aromatic carbocycles. The molecule has 1 fully saturated rings. The normalized spacial score (nSPS) is 22.9. The molecule has 0 spiro atoms. The van der Waals surface area contributed by atoms with Gasteiger partial charge in [0.1, 0.15) is 5.82 Å². The predicted molar refractivity (Wildman–Crippen MR) is 82.2 cm³/mol. The summed E-state index contributed by atoms with van der Waals surface area (Å²) in [7, 11) is 0. The highest BCUT2D eigenvalue weighted by atomic mass is 19.1. The Bertz CT molecular complexity index is 421. The first-order valence-corrected chi connectivity index (χ1v) is 7.82. The third-order valence-corrected chi connectivity index (χ3v) is 4.29. The Morgan fingerprint density at radius 2 is 2.15 bits per heavy atom. The molecule has 1 aliphatic rings. The predicted octanol–water partition coefficient (Wildman–Crippen LogP) is 3.45. The van der Waals surface area contributed by atoms with Crippen LogP contribution in [0.2, 0.25) is 0 Å². The number of hydrogen-bond acceptors (Lipinski definition) is 2. The molecule has 1 aromatic rings. The topological polar surface area (TPSA) is 15.3 Å². The van der Waals surface area contributed by atoms with Crippen molar-refractivity contribution in [3.63, 3.8) is 0 Å². The average molecular weight is 278 g/mol. The minimum atomic E-state index is -0.0971. The molecular formula is C17H27FN2. The van der Waals surface area contributed by atoms with Crippen LogP contribution in [0.15, 0.2) is 24.3 Å². The Hall–Kier alpha value is -0.930. The molecule has 0 radical (unpaired) electrons. The molecule has 1 aliphatic heterocycles. The van der Waals surface area contributed by atoms with Gasteiger partial charge in [0.05, 0.1) is 0 Å². The molecule has 3 unspecified atom stereocenters. The molecule has 3 atom stereocenters. The quantitative estimate of drug-likeness (QED) is 0.857. The molecule has 3 heteroatoms. The van der Waals surface area contributed by atoms with E-state index in [1.165, 1.54) is 19.5 Å². The number of nitrogens with zero attached hydrogens (tertiary/aromatic N) is 1. The zero-order chi connectivity index (χ0) is 14.5. The number of halogens is 1. The number of hydrogen-bond donors (Lipinski definition) is 1. The Kier molecular flexibility index (Phi) is 5.55. The van der Waals surface area contributed by atoms with Crippen molar-refractivity contribution < 1.29 is 4.39 Å². The second kappa shape index (κ2) is 7.19. The van der Waals surface area contributed by atoms with Gasteiger partial charge in [-0.05, 0) is 37.4 Å². The highest BCUT2D eigenvalue weighted by Crippen LogP contribution is 2.26. The molecule has 0 aromatic heterocycles. The third-order valence-electron chi connectivity index (χ3n) is 4.29. The lowest BCUT2D eigenvalue weighted by Gasteiger charge is -2.29. The van der Waals surface area contributed by atoms with Gasteiger partial charge in [-0.3, -0.25) is 0 Å². The zero-order valence-electron chi connectivity index (χ0n) is 12.9. The van der Waals surface area contributed by atoms with E-state index in [0.717, 1.165) is 24.6 Å². The smallest absolute Gasteiger partial charge is 0.127 e. The van der Waals surface area contributed by atoms with Gasteiger partial charge < -0.3 is 10.2 Å². The lowest BCUT2D eigenvalue weighted by Crippen LogP contribution is -2.35. The van der Waals surface area contributed by atoms with Crippen molar-refractivity contribution in [1.29, 1.82) is 0 Å². The van der Waals surface area contributed by atoms with E-state index in [4.69, 9.17) is 0 Å². The molecule has 2 nitrogen and oxygen atoms in total. The Labute approximate surface area is 122 Å². The van der Waals surface area contributed by atoms with Crippen LogP contribution in [0.3, 0.4) is 0 Å². The van der Waals surface area contributed by atoms with Crippen molar-refractivity contribution in [2.75, 3.05) is 26.2 Å². The van der Waals surface area contributed by atoms with Crippen molar-refractivity contribution >= 4 is 0 Å². The highest BCUT2D eigenvalue weighted by Gasteiger charge is 2.26. The van der Waals surface area contributed by atoms with E-state index in [9.17, 15) is 4.39 Å². The van der Waals surface area contributed by atoms with Crippen molar-refractivity contribution in [2.24, 2.45) is 11.8 Å². The first-order chi connectivity index (χ1) is 9.61. The molecule has 1 N–H and O–H groups in total. The summed E-state index contributed by atoms with van der Waals surface area (Å²) in [6, 6.07) is 7.25. The van der Waals surface area contributed by atoms with Gasteiger partial charge in [-0.15, -0.1) is 0 Å². The Morgan fingerprint density at radius 1 is 1.40 bits per heavy atom. The maximum absolute atomic E-state index is 14.0. The summed E-state index contributed by atoms with van der Waals surface area (Å²) in [5.41, 5.74) is 0.800. The van der Waals surface area contributed by atoms with Crippen LogP contribution < -0.4 is 5.32 Å². The summed E-state index contributed by atoms with van der Waals surface area (Å²) in [4.78, 5) is 2.51. The van der Waals surface area contributed by atoms with E-state index in [2.05, 4.69) is 31.0 Å². The maximum Gasteiger partial charge on any atom is 0.127 e. The Balaban J connectivity index is 2.06. The molecule has 1 saturated heterocycles. The van der Waals surface area contributed by atoms with E-state index < -0.39 is 0 Å². The summed E-state index contributed by atoms with van der Waals surface area (Å²) in [5, 5.41) is 3.46. The van der Waals surface area contributed by atoms with Crippen molar-refractivity contribution in [1.82, 2.24) is 10.2 Å². The van der Waals surface area contributed by atoms with Crippen LogP contribution in [0.1, 0.15) is 38.8 Å². The second-order valence-corrected chi connectivity index (χ2v) is 6.19. The van der Waals surface area contributed by atoms with E-state index >= 15 is 0 Å². The molecule has 0 saturated carbocycles. The zero-order valence-corrected chi connectivity index (χ0v) is 12.9. The van der Waals surface area contributed by atoms with Crippen LogP contribution >= 0.6 is 0 Å². The fourth-order valence-electron chi connectivity index (χ4n) is 3.27. The van der Waals surface area contributed by atoms with Crippen molar-refractivity contribution in [3.8, 4) is 0 Å². The minimum Gasteiger partial charge on any atom is -0.310 e. The number of likely N-dealkylation sites (tertiary alicyclic amines) is 1. The highest BCUT2D eigenvalue weighted by molar-refractivity contribution is 5.22. The molecule has 0 amide bonds. The molecule has 1 heterocycles. The molecule has 2 rings (SSSR count). The van der Waals surface area contributed by atoms with Crippen LogP contribution in [-0.2, 0) is 0 Å². The van der Waals surface area contributed by atoms with Gasteiger partial charge in [0.25, 0.3) is 0 Å². The molecular weight excluding hydrogens is 251 g/mol. The van der Waals surface area contributed by atoms with E-state index in [1.54, 1.807) is 12.1 Å². The SMILES string of the molecule is CCNC(c1ccccc1F)C(C)CN1CCC(C)C1. The number of nitrogens with one attached hydrogen (secondary N) is 1. The van der Waals surface area contributed by atoms with Crippen LogP contribution in [0.25, 0.3) is 0 Å². The Morgan fingerprint density at radius 3 is 2.75 bits per heavy atom. The molecule has 0 bridgehead atoms. The van der Waals surface area contributed by atoms with Gasteiger partial charge >= 0.3 is 0 Å². The van der Waals surface area contributed by atoms with Gasteiger partial charge in [0, 0.05) is 24.7 Å². The van der Waals surface area contributed by atoms with Crippen molar-refractivity contribution in [2.45, 2.75) is 33.2 Å². The van der Waals surface area contributed by atoms with Gasteiger partial charge in [-0.25, -0.2) is 4.39 Å². The van der Waals surface area contributed by atoms with Gasteiger partial charge in [0.15, 0.2) is 0 Å². The molecule has 20 heavy (non-hydrogen) atoms. The summed E-state index contributed by atoms with van der Waals surface area (Å²) in [6.07, 6.45) is 1.29. The van der Waals surface area contributed by atoms with Gasteiger partial charge in [0.2, 0.25) is 0 Å². The summed E-state index contributed by atoms with van der Waals surface area (Å²) in [6.45, 7) is 10.9. The molecule has 0 aliphatic carbocycles. The largest absolute Gasteiger partial charge is 0.310 e. The van der Waals surface area contributed by atoms with Crippen LogP contribution in [0.4, 0.5) is 4.39 Å². The van der Waals surface area contributed by atoms with Crippen LogP contribution in [0, 0.1) is 17.7 Å². The number of benzene rings is 1. The fraction of sp³-hybridized carbons (Fsp3) is 0.647. The lowest BCUT2D eigenvalue weighted by atomic mass is 9.93. The second-order valence-electron chi connectivity index (χ2n) is 6.19. The van der Waals surface area contributed by atoms with E-state index in [-0.39, 0.29) is 11.9 Å². The molecule has 112 valence electrons. The summed E-state index contributed by atoms with van der Waals surface area (Å²) >= 11 is 0. The third kappa shape index (κ3) is 3.80. The number of rotatable bonds is 6. The van der Waals surface area contributed by atoms with Gasteiger partial charge in [-0.1, -0.05) is 39.0 Å². The summed E-state index contributed by atoms with van der Waals surface area (Å²) < 4.78 is 14.0. The fourth-order valence-corrected chi connectivity index (χ4v) is 3.27. The van der Waals surface area contributed by atoms with Crippen LogP contribution in [0.5, 0.6) is 0 Å². The van der Waals surface area contributed by atoms with E-state index in [1.807, 2.05) is 12.1 Å². The minimum absolute atomic E-state index is 0.0945. The van der Waals surface area contributed by atoms with Gasteiger partial charge in [-0.2, -0.15) is 0 Å². The lowest BCUT2D eigenvalue weighted by molar-refractivity contribution is 0.241. The van der Waals surface area contributed by atoms with Crippen LogP contribution in [-0.4, -0.2) is 31.1 Å². The standard InChI is InChI=1S/C17H27FN2/c1-4-19-17(15-7-5-6-8-16(15)18)14(3)12-20-10-9-13(2)11-20/h5-8,13-14,17,19H,4,9-12H2,1-3H3. The first-order valence-electron chi connectivity index (χ1n) is 7.82. The van der Waals surface area contributed by atoms with E-state index in [0.29, 0.717) is 5.92 Å². The van der Waals surface area contributed by atoms with Crippen molar-refractivity contribution in [3.05, 3.63) is 35.6 Å². The monoisotopic (exact) mass is 278 g/mol.